The molecule has 3 heterocycles. The number of pyridine rings is 1. The summed E-state index contributed by atoms with van der Waals surface area (Å²) in [5, 5.41) is 0. The Kier molecular flexibility index (Phi) is 2.26. The average Bonchev–Trinajstić information content (AvgIpc) is 3.05. The van der Waals surface area contributed by atoms with Crippen LogP contribution in [0.4, 0.5) is 0 Å². The summed E-state index contributed by atoms with van der Waals surface area (Å²) in [6.45, 7) is 1.38. The van der Waals surface area contributed by atoms with E-state index in [0.29, 0.717) is 0 Å². The molecule has 2 heteroatoms. The van der Waals surface area contributed by atoms with E-state index in [-0.39, 0.29) is 0 Å². The SMILES string of the molecule is c1cncc(C2CC3CCC2N3CC2CC2)c1. The van der Waals surface area contributed by atoms with Crippen LogP contribution in [0, 0.1) is 5.92 Å². The first-order chi connectivity index (χ1) is 8.42. The van der Waals surface area contributed by atoms with Crippen LogP contribution in [0.15, 0.2) is 24.5 Å². The first-order valence-electron chi connectivity index (χ1n) is 7.07. The van der Waals surface area contributed by atoms with Crippen molar-refractivity contribution in [2.75, 3.05) is 6.54 Å². The molecule has 0 amide bonds. The molecule has 1 saturated carbocycles. The van der Waals surface area contributed by atoms with Gasteiger partial charge in [-0.25, -0.2) is 0 Å². The zero-order chi connectivity index (χ0) is 11.2. The van der Waals surface area contributed by atoms with Gasteiger partial charge in [0.15, 0.2) is 0 Å². The third-order valence-electron chi connectivity index (χ3n) is 4.96. The van der Waals surface area contributed by atoms with E-state index in [4.69, 9.17) is 0 Å². The van der Waals surface area contributed by atoms with Gasteiger partial charge in [-0.05, 0) is 49.7 Å². The van der Waals surface area contributed by atoms with Crippen LogP contribution in [0.2, 0.25) is 0 Å². The predicted molar refractivity (Wildman–Crippen MR) is 67.8 cm³/mol. The monoisotopic (exact) mass is 228 g/mol. The first kappa shape index (κ1) is 10.1. The summed E-state index contributed by atoms with van der Waals surface area (Å²) in [5.41, 5.74) is 1.47. The number of fused-ring (bicyclic) bond motifs is 2. The minimum Gasteiger partial charge on any atom is -0.297 e. The molecule has 3 aliphatic rings. The van der Waals surface area contributed by atoms with Gasteiger partial charge >= 0.3 is 0 Å². The van der Waals surface area contributed by atoms with Crippen molar-refractivity contribution >= 4 is 0 Å². The largest absolute Gasteiger partial charge is 0.297 e. The highest BCUT2D eigenvalue weighted by molar-refractivity contribution is 5.22. The third kappa shape index (κ3) is 1.70. The van der Waals surface area contributed by atoms with Crippen LogP contribution >= 0.6 is 0 Å². The highest BCUT2D eigenvalue weighted by Crippen LogP contribution is 2.48. The van der Waals surface area contributed by atoms with Crippen LogP contribution in [0.3, 0.4) is 0 Å². The van der Waals surface area contributed by atoms with Crippen molar-refractivity contribution in [2.45, 2.75) is 50.1 Å². The van der Waals surface area contributed by atoms with Gasteiger partial charge < -0.3 is 0 Å². The van der Waals surface area contributed by atoms with E-state index in [1.165, 1.54) is 44.2 Å². The molecule has 4 rings (SSSR count). The summed E-state index contributed by atoms with van der Waals surface area (Å²) < 4.78 is 0. The first-order valence-corrected chi connectivity index (χ1v) is 7.07. The minimum atomic E-state index is 0.765. The van der Waals surface area contributed by atoms with E-state index in [2.05, 4.69) is 28.2 Å². The van der Waals surface area contributed by atoms with E-state index >= 15 is 0 Å². The Morgan fingerprint density at radius 1 is 1.24 bits per heavy atom. The van der Waals surface area contributed by atoms with Crippen molar-refractivity contribution in [3.8, 4) is 0 Å². The zero-order valence-electron chi connectivity index (χ0n) is 10.3. The van der Waals surface area contributed by atoms with E-state index in [1.807, 2.05) is 6.20 Å². The standard InChI is InChI=1S/C15H20N2/c1-2-12(9-16-7-1)14-8-13-5-6-15(14)17(13)10-11-3-4-11/h1-2,7,9,11,13-15H,3-6,8,10H2. The molecule has 2 nitrogen and oxygen atoms in total. The molecule has 0 N–H and O–H groups in total. The Morgan fingerprint density at radius 2 is 2.18 bits per heavy atom. The summed E-state index contributed by atoms with van der Waals surface area (Å²) in [6.07, 6.45) is 11.2. The van der Waals surface area contributed by atoms with Crippen LogP contribution in [-0.4, -0.2) is 28.5 Å². The topological polar surface area (TPSA) is 16.1 Å². The van der Waals surface area contributed by atoms with Crippen molar-refractivity contribution in [1.82, 2.24) is 9.88 Å². The summed E-state index contributed by atoms with van der Waals surface area (Å²) >= 11 is 0. The molecule has 0 radical (unpaired) electrons. The van der Waals surface area contributed by atoms with Crippen LogP contribution in [0.25, 0.3) is 0 Å². The Balaban J connectivity index is 1.55. The van der Waals surface area contributed by atoms with Crippen LogP contribution in [0.5, 0.6) is 0 Å². The van der Waals surface area contributed by atoms with E-state index in [0.717, 1.165) is 23.9 Å². The summed E-state index contributed by atoms with van der Waals surface area (Å²) in [4.78, 5) is 7.12. The molecular weight excluding hydrogens is 208 g/mol. The van der Waals surface area contributed by atoms with Gasteiger partial charge in [-0.1, -0.05) is 6.07 Å². The summed E-state index contributed by atoms with van der Waals surface area (Å²) in [6, 6.07) is 6.07. The number of hydrogen-bond donors (Lipinski definition) is 0. The summed E-state index contributed by atoms with van der Waals surface area (Å²) in [7, 11) is 0. The van der Waals surface area contributed by atoms with Gasteiger partial charge in [0.05, 0.1) is 0 Å². The fourth-order valence-corrected chi connectivity index (χ4v) is 3.94. The quantitative estimate of drug-likeness (QED) is 0.791. The Morgan fingerprint density at radius 3 is 2.94 bits per heavy atom. The lowest BCUT2D eigenvalue weighted by molar-refractivity contribution is 0.237. The normalized spacial score (nSPS) is 36.6. The van der Waals surface area contributed by atoms with E-state index < -0.39 is 0 Å². The van der Waals surface area contributed by atoms with Crippen molar-refractivity contribution < 1.29 is 0 Å². The molecule has 2 aliphatic heterocycles. The fraction of sp³-hybridized carbons (Fsp3) is 0.667. The van der Waals surface area contributed by atoms with Crippen molar-refractivity contribution in [3.05, 3.63) is 30.1 Å². The van der Waals surface area contributed by atoms with Gasteiger partial charge in [0, 0.05) is 36.9 Å². The van der Waals surface area contributed by atoms with Gasteiger partial charge in [-0.3, -0.25) is 9.88 Å². The number of rotatable bonds is 3. The molecular formula is C15H20N2. The second-order valence-electron chi connectivity index (χ2n) is 6.07. The molecule has 90 valence electrons. The smallest absolute Gasteiger partial charge is 0.0303 e. The molecule has 2 saturated heterocycles. The second-order valence-corrected chi connectivity index (χ2v) is 6.07. The zero-order valence-corrected chi connectivity index (χ0v) is 10.3. The Bertz CT molecular complexity index is 399. The molecule has 1 aliphatic carbocycles. The van der Waals surface area contributed by atoms with Crippen molar-refractivity contribution in [2.24, 2.45) is 5.92 Å². The van der Waals surface area contributed by atoms with Gasteiger partial charge in [0.25, 0.3) is 0 Å². The van der Waals surface area contributed by atoms with Crippen LogP contribution in [-0.2, 0) is 0 Å². The van der Waals surface area contributed by atoms with E-state index in [9.17, 15) is 0 Å². The maximum Gasteiger partial charge on any atom is 0.0303 e. The molecule has 3 unspecified atom stereocenters. The van der Waals surface area contributed by atoms with Gasteiger partial charge in [0.1, 0.15) is 0 Å². The number of hydrogen-bond acceptors (Lipinski definition) is 2. The molecule has 1 aromatic rings. The minimum absolute atomic E-state index is 0.765. The lowest BCUT2D eigenvalue weighted by Crippen LogP contribution is -2.31. The molecule has 17 heavy (non-hydrogen) atoms. The predicted octanol–water partition coefficient (Wildman–Crippen LogP) is 2.81. The highest BCUT2D eigenvalue weighted by Gasteiger charge is 2.47. The lowest BCUT2D eigenvalue weighted by Gasteiger charge is -2.24. The van der Waals surface area contributed by atoms with E-state index in [1.54, 1.807) is 0 Å². The molecule has 0 aromatic carbocycles. The molecule has 3 fully saturated rings. The summed E-state index contributed by atoms with van der Waals surface area (Å²) in [5.74, 6) is 1.80. The van der Waals surface area contributed by atoms with Gasteiger partial charge in [-0.15, -0.1) is 0 Å². The Hall–Kier alpha value is -0.890. The number of aromatic nitrogens is 1. The number of nitrogens with zero attached hydrogens (tertiary/aromatic N) is 2. The second kappa shape index (κ2) is 3.81. The molecule has 3 atom stereocenters. The highest BCUT2D eigenvalue weighted by atomic mass is 15.2. The lowest BCUT2D eigenvalue weighted by atomic mass is 9.85. The maximum atomic E-state index is 4.29. The molecule has 2 bridgehead atoms. The average molecular weight is 228 g/mol. The van der Waals surface area contributed by atoms with Crippen molar-refractivity contribution in [3.63, 3.8) is 0 Å². The van der Waals surface area contributed by atoms with Crippen LogP contribution in [0.1, 0.15) is 43.6 Å². The van der Waals surface area contributed by atoms with Gasteiger partial charge in [0.2, 0.25) is 0 Å². The fourth-order valence-electron chi connectivity index (χ4n) is 3.94. The van der Waals surface area contributed by atoms with Gasteiger partial charge in [-0.2, -0.15) is 0 Å². The molecule has 1 aromatic heterocycles. The van der Waals surface area contributed by atoms with Crippen molar-refractivity contribution in [1.29, 1.82) is 0 Å². The molecule has 0 spiro atoms. The maximum absolute atomic E-state index is 4.29. The Labute approximate surface area is 103 Å². The van der Waals surface area contributed by atoms with Crippen LogP contribution < -0.4 is 0 Å². The third-order valence-corrected chi connectivity index (χ3v) is 4.96.